The van der Waals surface area contributed by atoms with Gasteiger partial charge in [-0.3, -0.25) is 0 Å². The third kappa shape index (κ3) is 3.16. The van der Waals surface area contributed by atoms with Crippen LogP contribution < -0.4 is 10.2 Å². The molecule has 0 aliphatic carbocycles. The van der Waals surface area contributed by atoms with Gasteiger partial charge in [0, 0.05) is 12.1 Å². The molecule has 0 aliphatic heterocycles. The van der Waals surface area contributed by atoms with E-state index in [2.05, 4.69) is 21.7 Å². The van der Waals surface area contributed by atoms with Gasteiger partial charge in [0.25, 0.3) is 0 Å². The van der Waals surface area contributed by atoms with Gasteiger partial charge in [-0.15, -0.1) is 0 Å². The van der Waals surface area contributed by atoms with E-state index >= 15 is 0 Å². The Morgan fingerprint density at radius 1 is 1.45 bits per heavy atom. The molecule has 0 atom stereocenters. The van der Waals surface area contributed by atoms with Crippen molar-refractivity contribution in [1.29, 1.82) is 5.26 Å². The Bertz CT molecular complexity index is 653. The number of ether oxygens (including phenoxy) is 1. The third-order valence-corrected chi connectivity index (χ3v) is 2.88. The zero-order valence-electron chi connectivity index (χ0n) is 11.1. The molecule has 1 aromatic heterocycles. The number of hydrogen-bond acceptors (Lipinski definition) is 5. The third-order valence-electron chi connectivity index (χ3n) is 2.60. The number of aromatic nitrogens is 3. The van der Waals surface area contributed by atoms with E-state index in [4.69, 9.17) is 22.2 Å². The van der Waals surface area contributed by atoms with Gasteiger partial charge in [0.15, 0.2) is 5.82 Å². The largest absolute Gasteiger partial charge is 0.494 e. The molecule has 0 amide bonds. The minimum atomic E-state index is 0.398. The maximum absolute atomic E-state index is 8.57. The first-order valence-electron chi connectivity index (χ1n) is 6.27. The van der Waals surface area contributed by atoms with Crippen molar-refractivity contribution in [2.45, 2.75) is 13.3 Å². The average molecular weight is 289 g/mol. The highest BCUT2D eigenvalue weighted by atomic mass is 32.1. The molecule has 20 heavy (non-hydrogen) atoms. The Balaban J connectivity index is 2.24. The van der Waals surface area contributed by atoms with E-state index in [1.165, 1.54) is 0 Å². The lowest BCUT2D eigenvalue weighted by Gasteiger charge is -2.09. The van der Waals surface area contributed by atoms with E-state index in [0.29, 0.717) is 30.2 Å². The van der Waals surface area contributed by atoms with Crippen LogP contribution in [0, 0.1) is 16.1 Å². The van der Waals surface area contributed by atoms with Gasteiger partial charge >= 0.3 is 0 Å². The molecule has 0 radical (unpaired) electrons. The van der Waals surface area contributed by atoms with Crippen molar-refractivity contribution >= 4 is 12.2 Å². The molecule has 1 heterocycles. The lowest BCUT2D eigenvalue weighted by molar-refractivity contribution is 0.340. The van der Waals surface area contributed by atoms with E-state index in [0.717, 1.165) is 11.3 Å². The molecule has 2 N–H and O–H groups in total. The molecular weight excluding hydrogens is 274 g/mol. The van der Waals surface area contributed by atoms with E-state index in [1.54, 1.807) is 4.68 Å². The second-order valence-corrected chi connectivity index (χ2v) is 4.35. The number of benzene rings is 1. The molecule has 0 saturated heterocycles. The van der Waals surface area contributed by atoms with Gasteiger partial charge in [0.05, 0.1) is 19.1 Å². The number of hydrogen-bond donors (Lipinski definition) is 2. The summed E-state index contributed by atoms with van der Waals surface area (Å²) in [7, 11) is 0. The van der Waals surface area contributed by atoms with E-state index in [-0.39, 0.29) is 0 Å². The van der Waals surface area contributed by atoms with Crippen LogP contribution in [0.2, 0.25) is 0 Å². The fourth-order valence-corrected chi connectivity index (χ4v) is 1.92. The van der Waals surface area contributed by atoms with Crippen LogP contribution in [-0.2, 0) is 0 Å². The topological polar surface area (TPSA) is 78.7 Å². The molecule has 7 heteroatoms. The smallest absolute Gasteiger partial charge is 0.214 e. The quantitative estimate of drug-likeness (QED) is 0.631. The lowest BCUT2D eigenvalue weighted by Crippen LogP contribution is -2.17. The van der Waals surface area contributed by atoms with E-state index < -0.39 is 0 Å². The van der Waals surface area contributed by atoms with Gasteiger partial charge in [0.2, 0.25) is 4.77 Å². The molecule has 104 valence electrons. The first kappa shape index (κ1) is 14.1. The Hall–Kier alpha value is -2.33. The molecule has 1 aromatic carbocycles. The monoisotopic (exact) mass is 289 g/mol. The Morgan fingerprint density at radius 2 is 2.20 bits per heavy atom. The van der Waals surface area contributed by atoms with Crippen LogP contribution in [0.15, 0.2) is 24.3 Å². The van der Waals surface area contributed by atoms with Gasteiger partial charge in [-0.05, 0) is 43.4 Å². The van der Waals surface area contributed by atoms with Crippen molar-refractivity contribution in [2.24, 2.45) is 0 Å². The van der Waals surface area contributed by atoms with Crippen molar-refractivity contribution in [3.63, 3.8) is 0 Å². The van der Waals surface area contributed by atoms with E-state index in [9.17, 15) is 0 Å². The summed E-state index contributed by atoms with van der Waals surface area (Å²) in [5.74, 6) is 1.49. The highest BCUT2D eigenvalue weighted by Gasteiger charge is 2.08. The molecule has 0 saturated carbocycles. The van der Waals surface area contributed by atoms with Crippen molar-refractivity contribution in [3.05, 3.63) is 29.0 Å². The second kappa shape index (κ2) is 6.73. The number of rotatable bonds is 6. The summed E-state index contributed by atoms with van der Waals surface area (Å²) in [5, 5.41) is 15.5. The van der Waals surface area contributed by atoms with Crippen LogP contribution >= 0.6 is 12.2 Å². The molecule has 0 fully saturated rings. The summed E-state index contributed by atoms with van der Waals surface area (Å²) >= 11 is 5.16. The maximum Gasteiger partial charge on any atom is 0.214 e. The summed E-state index contributed by atoms with van der Waals surface area (Å²) in [4.78, 5) is 0. The Morgan fingerprint density at radius 3 is 2.85 bits per heavy atom. The number of H-pyrrole nitrogens is 1. The predicted octanol–water partition coefficient (Wildman–Crippen LogP) is 2.46. The van der Waals surface area contributed by atoms with Gasteiger partial charge in [-0.25, -0.2) is 9.77 Å². The maximum atomic E-state index is 8.57. The van der Waals surface area contributed by atoms with Crippen molar-refractivity contribution < 1.29 is 4.74 Å². The highest BCUT2D eigenvalue weighted by molar-refractivity contribution is 7.71. The second-order valence-electron chi connectivity index (χ2n) is 3.96. The Labute approximate surface area is 122 Å². The Kier molecular flexibility index (Phi) is 4.74. The van der Waals surface area contributed by atoms with Gasteiger partial charge in [0.1, 0.15) is 5.75 Å². The lowest BCUT2D eigenvalue weighted by atomic mass is 10.2. The van der Waals surface area contributed by atoms with E-state index in [1.807, 2.05) is 31.2 Å². The van der Waals surface area contributed by atoms with Gasteiger partial charge in [-0.2, -0.15) is 10.4 Å². The van der Waals surface area contributed by atoms with Crippen molar-refractivity contribution in [2.75, 3.05) is 18.6 Å². The van der Waals surface area contributed by atoms with Crippen LogP contribution in [0.1, 0.15) is 13.3 Å². The SMILES string of the molecule is CCOc1ccc(-c2n[nH]c(=S)n2NCCC#N)cc1. The fraction of sp³-hybridized carbons (Fsp3) is 0.308. The predicted molar refractivity (Wildman–Crippen MR) is 78.5 cm³/mol. The van der Waals surface area contributed by atoms with Crippen LogP contribution in [0.3, 0.4) is 0 Å². The number of nitriles is 1. The number of nitrogens with zero attached hydrogens (tertiary/aromatic N) is 3. The molecular formula is C13H15N5OS. The van der Waals surface area contributed by atoms with Crippen molar-refractivity contribution in [3.8, 4) is 23.2 Å². The summed E-state index contributed by atoms with van der Waals surface area (Å²) in [6.07, 6.45) is 0.398. The van der Waals surface area contributed by atoms with Gasteiger partial charge < -0.3 is 10.2 Å². The van der Waals surface area contributed by atoms with Gasteiger partial charge in [-0.1, -0.05) is 0 Å². The minimum Gasteiger partial charge on any atom is -0.494 e. The highest BCUT2D eigenvalue weighted by Crippen LogP contribution is 2.20. The van der Waals surface area contributed by atoms with Crippen LogP contribution in [0.4, 0.5) is 0 Å². The number of aromatic amines is 1. The number of nitrogens with one attached hydrogen (secondary N) is 2. The fourth-order valence-electron chi connectivity index (χ4n) is 1.73. The molecule has 2 rings (SSSR count). The molecule has 2 aromatic rings. The molecule has 6 nitrogen and oxygen atoms in total. The molecule has 0 aliphatic rings. The summed E-state index contributed by atoms with van der Waals surface area (Å²) in [6, 6.07) is 9.67. The summed E-state index contributed by atoms with van der Waals surface area (Å²) in [5.41, 5.74) is 3.97. The first-order chi connectivity index (χ1) is 9.76. The normalized spacial score (nSPS) is 10.0. The zero-order valence-corrected chi connectivity index (χ0v) is 11.9. The molecule has 0 unspecified atom stereocenters. The molecule has 0 spiro atoms. The summed E-state index contributed by atoms with van der Waals surface area (Å²) < 4.78 is 7.54. The minimum absolute atomic E-state index is 0.398. The molecule has 0 bridgehead atoms. The van der Waals surface area contributed by atoms with Crippen LogP contribution in [0.5, 0.6) is 5.75 Å². The summed E-state index contributed by atoms with van der Waals surface area (Å²) in [6.45, 7) is 3.08. The zero-order chi connectivity index (χ0) is 14.4. The standard InChI is InChI=1S/C13H15N5OS/c1-2-19-11-6-4-10(5-7-11)12-16-17-13(20)18(12)15-9-3-8-14/h4-7,15H,2-3,9H2,1H3,(H,17,20). The van der Waals surface area contributed by atoms with Crippen molar-refractivity contribution in [1.82, 2.24) is 14.9 Å². The van der Waals surface area contributed by atoms with Crippen LogP contribution in [0.25, 0.3) is 11.4 Å². The first-order valence-corrected chi connectivity index (χ1v) is 6.68. The van der Waals surface area contributed by atoms with Crippen LogP contribution in [-0.4, -0.2) is 28.0 Å². The average Bonchev–Trinajstić information content (AvgIpc) is 2.82.